The predicted octanol–water partition coefficient (Wildman–Crippen LogP) is 6.21. The fourth-order valence-electron chi connectivity index (χ4n) is 5.66. The van der Waals surface area contributed by atoms with Crippen molar-refractivity contribution < 1.29 is 22.7 Å². The first-order chi connectivity index (χ1) is 20.2. The fourth-order valence-corrected chi connectivity index (χ4v) is 5.66. The number of amides is 1. The second kappa shape index (κ2) is 13.5. The van der Waals surface area contributed by atoms with Crippen molar-refractivity contribution in [3.63, 3.8) is 0 Å². The normalized spacial score (nSPS) is 16.9. The maximum atomic E-state index is 13.3. The van der Waals surface area contributed by atoms with Crippen LogP contribution in [0.4, 0.5) is 24.5 Å². The summed E-state index contributed by atoms with van der Waals surface area (Å²) in [6.07, 6.45) is -2.45. The number of carbonyl (C=O) groups is 1. The summed E-state index contributed by atoms with van der Waals surface area (Å²) in [7, 11) is 0. The van der Waals surface area contributed by atoms with E-state index in [4.69, 9.17) is 4.74 Å². The van der Waals surface area contributed by atoms with Crippen LogP contribution in [0.25, 0.3) is 0 Å². The van der Waals surface area contributed by atoms with Crippen LogP contribution < -0.4 is 15.0 Å². The van der Waals surface area contributed by atoms with Crippen LogP contribution in [0, 0.1) is 6.92 Å². The Morgan fingerprint density at radius 1 is 0.905 bits per heavy atom. The highest BCUT2D eigenvalue weighted by Crippen LogP contribution is 2.34. The second-order valence-electron chi connectivity index (χ2n) is 11.2. The van der Waals surface area contributed by atoms with Gasteiger partial charge in [-0.1, -0.05) is 36.4 Å². The van der Waals surface area contributed by atoms with Gasteiger partial charge in [0.15, 0.2) is 0 Å². The van der Waals surface area contributed by atoms with E-state index >= 15 is 0 Å². The fraction of sp³-hybridized carbons (Fsp3) is 0.424. The van der Waals surface area contributed by atoms with Crippen molar-refractivity contribution in [3.05, 3.63) is 89.5 Å². The van der Waals surface area contributed by atoms with Crippen LogP contribution in [-0.2, 0) is 17.6 Å². The van der Waals surface area contributed by atoms with Crippen molar-refractivity contribution in [2.75, 3.05) is 56.0 Å². The molecule has 0 aliphatic carbocycles. The topological polar surface area (TPSA) is 48.1 Å². The molecule has 0 radical (unpaired) electrons. The van der Waals surface area contributed by atoms with Gasteiger partial charge in [-0.3, -0.25) is 9.69 Å². The quantitative estimate of drug-likeness (QED) is 0.326. The van der Waals surface area contributed by atoms with E-state index in [1.807, 2.05) is 35.2 Å². The molecule has 224 valence electrons. The maximum Gasteiger partial charge on any atom is 0.416 e. The molecule has 2 fully saturated rings. The molecule has 0 unspecified atom stereocenters. The summed E-state index contributed by atoms with van der Waals surface area (Å²) in [6, 6.07) is 22.8. The highest BCUT2D eigenvalue weighted by Gasteiger charge is 2.33. The lowest BCUT2D eigenvalue weighted by molar-refractivity contribution is -0.138. The zero-order valence-corrected chi connectivity index (χ0v) is 24.1. The average Bonchev–Trinajstić information content (AvgIpc) is 3.01. The first kappa shape index (κ1) is 29.8. The predicted molar refractivity (Wildman–Crippen MR) is 160 cm³/mol. The average molecular weight is 581 g/mol. The third-order valence-electron chi connectivity index (χ3n) is 8.23. The van der Waals surface area contributed by atoms with Gasteiger partial charge in [-0.2, -0.15) is 13.2 Å². The van der Waals surface area contributed by atoms with E-state index in [-0.39, 0.29) is 17.5 Å². The smallest absolute Gasteiger partial charge is 0.416 e. The lowest BCUT2D eigenvalue weighted by Gasteiger charge is -2.37. The van der Waals surface area contributed by atoms with Gasteiger partial charge in [0.2, 0.25) is 5.91 Å². The molecule has 5 rings (SSSR count). The van der Waals surface area contributed by atoms with Crippen LogP contribution >= 0.6 is 0 Å². The molecule has 2 aliphatic heterocycles. The molecule has 0 atom stereocenters. The molecule has 0 spiro atoms. The van der Waals surface area contributed by atoms with E-state index in [1.54, 1.807) is 6.07 Å². The van der Waals surface area contributed by atoms with E-state index in [0.717, 1.165) is 56.9 Å². The Morgan fingerprint density at radius 2 is 1.60 bits per heavy atom. The first-order valence-corrected chi connectivity index (χ1v) is 14.7. The Hall–Kier alpha value is -3.72. The van der Waals surface area contributed by atoms with E-state index in [0.29, 0.717) is 31.8 Å². The Kier molecular flexibility index (Phi) is 9.57. The van der Waals surface area contributed by atoms with Gasteiger partial charge >= 0.3 is 6.18 Å². The molecule has 2 heterocycles. The number of piperidine rings is 1. The summed E-state index contributed by atoms with van der Waals surface area (Å²) < 4.78 is 45.7. The number of alkyl halides is 3. The molecule has 1 N–H and O–H groups in total. The van der Waals surface area contributed by atoms with Gasteiger partial charge in [0, 0.05) is 69.7 Å². The number of nitrogens with one attached hydrogen (secondary N) is 1. The number of ether oxygens (including phenoxy) is 1. The Bertz CT molecular complexity index is 1300. The number of benzene rings is 3. The minimum absolute atomic E-state index is 0.0513. The zero-order chi connectivity index (χ0) is 29.5. The number of carbonyl (C=O) groups excluding carboxylic acids is 1. The Morgan fingerprint density at radius 3 is 2.26 bits per heavy atom. The molecule has 42 heavy (non-hydrogen) atoms. The summed E-state index contributed by atoms with van der Waals surface area (Å²) >= 11 is 0. The van der Waals surface area contributed by atoms with Crippen molar-refractivity contribution in [2.24, 2.45) is 0 Å². The van der Waals surface area contributed by atoms with Gasteiger partial charge in [0.05, 0.1) is 5.56 Å². The number of rotatable bonds is 9. The van der Waals surface area contributed by atoms with Gasteiger partial charge in [0.1, 0.15) is 12.4 Å². The molecule has 0 bridgehead atoms. The monoisotopic (exact) mass is 580 g/mol. The summed E-state index contributed by atoms with van der Waals surface area (Å²) in [5.74, 6) is 1.00. The SMILES string of the molecule is Cc1ccc(NC2CCN(C(=O)CCN3CCN(c4ccc(OCc5ccccc5)cc4)CC3)CC2)cc1C(F)(F)F. The van der Waals surface area contributed by atoms with Crippen molar-refractivity contribution >= 4 is 17.3 Å². The molecule has 0 saturated carbocycles. The van der Waals surface area contributed by atoms with Gasteiger partial charge in [-0.05, 0) is 67.3 Å². The van der Waals surface area contributed by atoms with Crippen LogP contribution in [0.1, 0.15) is 36.0 Å². The van der Waals surface area contributed by atoms with Gasteiger partial charge < -0.3 is 19.9 Å². The number of hydrogen-bond donors (Lipinski definition) is 1. The lowest BCUT2D eigenvalue weighted by atomic mass is 10.0. The number of aryl methyl sites for hydroxylation is 1. The molecule has 0 aromatic heterocycles. The minimum Gasteiger partial charge on any atom is -0.489 e. The maximum absolute atomic E-state index is 13.3. The van der Waals surface area contributed by atoms with Crippen molar-refractivity contribution in [3.8, 4) is 5.75 Å². The largest absolute Gasteiger partial charge is 0.489 e. The third-order valence-corrected chi connectivity index (χ3v) is 8.23. The molecular formula is C33H39F3N4O2. The third kappa shape index (κ3) is 7.97. The Balaban J connectivity index is 0.997. The van der Waals surface area contributed by atoms with Crippen LogP contribution in [0.5, 0.6) is 5.75 Å². The van der Waals surface area contributed by atoms with E-state index in [9.17, 15) is 18.0 Å². The van der Waals surface area contributed by atoms with Crippen molar-refractivity contribution in [1.29, 1.82) is 0 Å². The molecule has 3 aromatic carbocycles. The van der Waals surface area contributed by atoms with Crippen LogP contribution in [-0.4, -0.2) is 67.6 Å². The highest BCUT2D eigenvalue weighted by atomic mass is 19.4. The summed E-state index contributed by atoms with van der Waals surface area (Å²) in [6.45, 7) is 7.62. The van der Waals surface area contributed by atoms with Crippen LogP contribution in [0.3, 0.4) is 0 Å². The number of piperazine rings is 1. The molecule has 1 amide bonds. The minimum atomic E-state index is -4.37. The number of anilines is 2. The standard InChI is InChI=1S/C33H39F3N4O2/c1-25-7-8-28(23-31(25)33(34,35)36)37-27-13-17-40(18-14-27)32(41)15-16-38-19-21-39(22-20-38)29-9-11-30(12-10-29)42-24-26-5-3-2-4-6-26/h2-12,23,27,37H,13-22,24H2,1H3. The van der Waals surface area contributed by atoms with E-state index < -0.39 is 11.7 Å². The van der Waals surface area contributed by atoms with Crippen molar-refractivity contribution in [1.82, 2.24) is 9.80 Å². The van der Waals surface area contributed by atoms with Crippen molar-refractivity contribution in [2.45, 2.75) is 45.0 Å². The van der Waals surface area contributed by atoms with Gasteiger partial charge in [-0.25, -0.2) is 0 Å². The number of likely N-dealkylation sites (tertiary alicyclic amines) is 1. The molecule has 9 heteroatoms. The summed E-state index contributed by atoms with van der Waals surface area (Å²) in [4.78, 5) is 19.5. The highest BCUT2D eigenvalue weighted by molar-refractivity contribution is 5.76. The van der Waals surface area contributed by atoms with E-state index in [2.05, 4.69) is 39.4 Å². The molecule has 2 saturated heterocycles. The van der Waals surface area contributed by atoms with Crippen LogP contribution in [0.2, 0.25) is 0 Å². The molecule has 2 aliphatic rings. The Labute approximate surface area is 246 Å². The van der Waals surface area contributed by atoms with Gasteiger partial charge in [0.25, 0.3) is 0 Å². The number of nitrogens with zero attached hydrogens (tertiary/aromatic N) is 3. The van der Waals surface area contributed by atoms with Gasteiger partial charge in [-0.15, -0.1) is 0 Å². The molecular weight excluding hydrogens is 541 g/mol. The first-order valence-electron chi connectivity index (χ1n) is 14.7. The molecule has 6 nitrogen and oxygen atoms in total. The lowest BCUT2D eigenvalue weighted by Crippen LogP contribution is -2.48. The number of hydrogen-bond acceptors (Lipinski definition) is 5. The van der Waals surface area contributed by atoms with E-state index in [1.165, 1.54) is 24.7 Å². The summed E-state index contributed by atoms with van der Waals surface area (Å²) in [5, 5.41) is 3.24. The van der Waals surface area contributed by atoms with Crippen LogP contribution in [0.15, 0.2) is 72.8 Å². The number of halogens is 3. The summed E-state index contributed by atoms with van der Waals surface area (Å²) in [5.41, 5.74) is 2.40. The zero-order valence-electron chi connectivity index (χ0n) is 24.1. The molecule has 3 aromatic rings. The second-order valence-corrected chi connectivity index (χ2v) is 11.2.